The SMILES string of the molecule is C=C=NC(=O)NC(C)(C)CS(=O)(=O)O. The maximum Gasteiger partial charge on any atom is 0.349 e. The fraction of sp³-hybridized carbons (Fsp3) is 0.571. The Bertz CT molecular complexity index is 365. The first-order valence-corrected chi connectivity index (χ1v) is 5.27. The van der Waals surface area contributed by atoms with Crippen LogP contribution in [0.25, 0.3) is 0 Å². The molecule has 0 saturated heterocycles. The van der Waals surface area contributed by atoms with Gasteiger partial charge in [0, 0.05) is 0 Å². The van der Waals surface area contributed by atoms with Crippen LogP contribution in [0.5, 0.6) is 0 Å². The van der Waals surface area contributed by atoms with E-state index in [9.17, 15) is 13.2 Å². The summed E-state index contributed by atoms with van der Waals surface area (Å²) in [7, 11) is -4.13. The number of aliphatic imine (C=N–C) groups is 1. The lowest BCUT2D eigenvalue weighted by molar-refractivity contribution is 0.241. The number of urea groups is 1. The lowest BCUT2D eigenvalue weighted by Crippen LogP contribution is -2.47. The van der Waals surface area contributed by atoms with Crippen LogP contribution in [0, 0.1) is 0 Å². The van der Waals surface area contributed by atoms with Gasteiger partial charge in [-0.2, -0.15) is 8.42 Å². The topological polar surface area (TPSA) is 95.8 Å². The highest BCUT2D eigenvalue weighted by molar-refractivity contribution is 7.85. The fourth-order valence-electron chi connectivity index (χ4n) is 0.881. The first-order valence-electron chi connectivity index (χ1n) is 3.66. The van der Waals surface area contributed by atoms with Crippen LogP contribution < -0.4 is 5.32 Å². The molecule has 0 fully saturated rings. The van der Waals surface area contributed by atoms with Gasteiger partial charge >= 0.3 is 6.03 Å². The van der Waals surface area contributed by atoms with E-state index in [0.717, 1.165) is 0 Å². The molecule has 2 N–H and O–H groups in total. The predicted octanol–water partition coefficient (Wildman–Crippen LogP) is 0.218. The molecule has 80 valence electrons. The van der Waals surface area contributed by atoms with Gasteiger partial charge in [-0.1, -0.05) is 0 Å². The van der Waals surface area contributed by atoms with Crippen molar-refractivity contribution in [3.63, 3.8) is 0 Å². The van der Waals surface area contributed by atoms with Crippen molar-refractivity contribution >= 4 is 22.0 Å². The van der Waals surface area contributed by atoms with E-state index in [-0.39, 0.29) is 0 Å². The van der Waals surface area contributed by atoms with Crippen LogP contribution in [0.15, 0.2) is 11.6 Å². The Kier molecular flexibility index (Phi) is 4.00. The van der Waals surface area contributed by atoms with Crippen molar-refractivity contribution in [2.24, 2.45) is 4.99 Å². The normalized spacial score (nSPS) is 11.6. The molecule has 0 saturated carbocycles. The van der Waals surface area contributed by atoms with Gasteiger partial charge in [-0.25, -0.2) is 4.79 Å². The zero-order valence-electron chi connectivity index (χ0n) is 7.94. The van der Waals surface area contributed by atoms with Crippen molar-refractivity contribution in [1.29, 1.82) is 0 Å². The van der Waals surface area contributed by atoms with Crippen LogP contribution in [-0.2, 0) is 10.1 Å². The Hall–Kier alpha value is -1.17. The van der Waals surface area contributed by atoms with Crippen molar-refractivity contribution in [3.8, 4) is 0 Å². The van der Waals surface area contributed by atoms with Crippen LogP contribution >= 0.6 is 0 Å². The molecule has 0 aromatic carbocycles. The summed E-state index contributed by atoms with van der Waals surface area (Å²) in [6, 6.07) is -0.756. The molecule has 0 unspecified atom stereocenters. The minimum atomic E-state index is -4.13. The van der Waals surface area contributed by atoms with Gasteiger partial charge in [0.15, 0.2) is 0 Å². The van der Waals surface area contributed by atoms with E-state index >= 15 is 0 Å². The smallest absolute Gasteiger partial charge is 0.330 e. The van der Waals surface area contributed by atoms with Crippen molar-refractivity contribution in [2.75, 3.05) is 5.75 Å². The van der Waals surface area contributed by atoms with Gasteiger partial charge in [0.05, 0.1) is 11.3 Å². The van der Waals surface area contributed by atoms with E-state index in [1.54, 1.807) is 0 Å². The van der Waals surface area contributed by atoms with E-state index in [0.29, 0.717) is 0 Å². The number of carbonyl (C=O) groups is 1. The minimum absolute atomic E-state index is 0.585. The fourth-order valence-corrected chi connectivity index (χ4v) is 1.87. The van der Waals surface area contributed by atoms with E-state index < -0.39 is 27.4 Å². The Balaban J connectivity index is 4.50. The van der Waals surface area contributed by atoms with Crippen LogP contribution in [0.3, 0.4) is 0 Å². The van der Waals surface area contributed by atoms with Crippen LogP contribution in [0.4, 0.5) is 4.79 Å². The molecule has 0 heterocycles. The average molecular weight is 220 g/mol. The van der Waals surface area contributed by atoms with Gasteiger partial charge in [-0.15, -0.1) is 4.99 Å². The predicted molar refractivity (Wildman–Crippen MR) is 52.1 cm³/mol. The third kappa shape index (κ3) is 6.36. The maximum atomic E-state index is 10.9. The number of carbonyl (C=O) groups excluding carboxylic acids is 1. The molecule has 0 aromatic rings. The number of rotatable bonds is 3. The van der Waals surface area contributed by atoms with Crippen LogP contribution in [0.2, 0.25) is 0 Å². The largest absolute Gasteiger partial charge is 0.349 e. The average Bonchev–Trinajstić information content (AvgIpc) is 1.78. The van der Waals surface area contributed by atoms with E-state index in [2.05, 4.69) is 16.9 Å². The molecular weight excluding hydrogens is 208 g/mol. The number of nitrogens with zero attached hydrogens (tertiary/aromatic N) is 1. The lowest BCUT2D eigenvalue weighted by atomic mass is 10.1. The molecule has 0 aliphatic rings. The monoisotopic (exact) mass is 220 g/mol. The van der Waals surface area contributed by atoms with Crippen molar-refractivity contribution in [1.82, 2.24) is 5.32 Å². The summed E-state index contributed by atoms with van der Waals surface area (Å²) in [6.07, 6.45) is 0. The van der Waals surface area contributed by atoms with Crippen molar-refractivity contribution < 1.29 is 17.8 Å². The second-order valence-corrected chi connectivity index (χ2v) is 4.76. The summed E-state index contributed by atoms with van der Waals surface area (Å²) in [5, 5.41) is 2.27. The van der Waals surface area contributed by atoms with Gasteiger partial charge in [0.2, 0.25) is 0 Å². The first-order chi connectivity index (χ1) is 6.16. The van der Waals surface area contributed by atoms with E-state index in [1.807, 2.05) is 5.87 Å². The molecule has 7 heteroatoms. The highest BCUT2D eigenvalue weighted by Crippen LogP contribution is 2.05. The molecule has 0 spiro atoms. The zero-order valence-corrected chi connectivity index (χ0v) is 8.76. The summed E-state index contributed by atoms with van der Waals surface area (Å²) in [5.74, 6) is 1.42. The molecule has 0 rings (SSSR count). The Morgan fingerprint density at radius 2 is 2.14 bits per heavy atom. The van der Waals surface area contributed by atoms with Gasteiger partial charge in [-0.3, -0.25) is 4.55 Å². The van der Waals surface area contributed by atoms with Crippen molar-refractivity contribution in [2.45, 2.75) is 19.4 Å². The summed E-state index contributed by atoms with van der Waals surface area (Å²) in [6.45, 7) is 5.97. The van der Waals surface area contributed by atoms with E-state index in [1.165, 1.54) is 13.8 Å². The molecule has 2 amide bonds. The molecule has 0 aromatic heterocycles. The standard InChI is InChI=1S/C7H12N2O4S/c1-4-8-6(10)9-7(2,3)5-14(11,12)13/h1,5H2,2-3H3,(H,9,10)(H,11,12,13). The zero-order chi connectivity index (χ0) is 11.4. The Morgan fingerprint density at radius 1 is 1.64 bits per heavy atom. The summed E-state index contributed by atoms with van der Waals surface area (Å²) < 4.78 is 29.6. The summed E-state index contributed by atoms with van der Waals surface area (Å²) in [5.41, 5.74) is -1.09. The Morgan fingerprint density at radius 3 is 2.50 bits per heavy atom. The molecule has 0 aliphatic carbocycles. The molecule has 0 atom stereocenters. The number of hydrogen-bond acceptors (Lipinski definition) is 3. The number of amides is 2. The first kappa shape index (κ1) is 12.8. The van der Waals surface area contributed by atoms with Gasteiger partial charge in [0.1, 0.15) is 0 Å². The quantitative estimate of drug-likeness (QED) is 0.525. The summed E-state index contributed by atoms with van der Waals surface area (Å²) in [4.78, 5) is 14.0. The van der Waals surface area contributed by atoms with Crippen molar-refractivity contribution in [3.05, 3.63) is 6.58 Å². The second kappa shape index (κ2) is 4.36. The third-order valence-corrected chi connectivity index (χ3v) is 2.26. The third-order valence-electron chi connectivity index (χ3n) is 1.17. The molecule has 0 bridgehead atoms. The minimum Gasteiger partial charge on any atom is -0.330 e. The molecule has 14 heavy (non-hydrogen) atoms. The molecule has 6 nitrogen and oxygen atoms in total. The Labute approximate surface area is 82.5 Å². The van der Waals surface area contributed by atoms with Gasteiger partial charge < -0.3 is 5.32 Å². The number of hydrogen-bond donors (Lipinski definition) is 2. The second-order valence-electron chi connectivity index (χ2n) is 3.31. The number of nitrogens with one attached hydrogen (secondary N) is 1. The molecular formula is C7H12N2O4S. The highest BCUT2D eigenvalue weighted by Gasteiger charge is 2.26. The molecule has 0 radical (unpaired) electrons. The molecule has 0 aliphatic heterocycles. The van der Waals surface area contributed by atoms with E-state index in [4.69, 9.17) is 4.55 Å². The van der Waals surface area contributed by atoms with Gasteiger partial charge in [0.25, 0.3) is 10.1 Å². The maximum absolute atomic E-state index is 10.9. The lowest BCUT2D eigenvalue weighted by Gasteiger charge is -2.22. The van der Waals surface area contributed by atoms with Crippen LogP contribution in [-0.4, -0.2) is 36.2 Å². The van der Waals surface area contributed by atoms with Crippen LogP contribution in [0.1, 0.15) is 13.8 Å². The summed E-state index contributed by atoms with van der Waals surface area (Å²) >= 11 is 0. The highest BCUT2D eigenvalue weighted by atomic mass is 32.2. The van der Waals surface area contributed by atoms with Gasteiger partial charge in [-0.05, 0) is 26.3 Å².